The minimum Gasteiger partial charge on any atom is -0.422 e. The van der Waals surface area contributed by atoms with Crippen molar-refractivity contribution in [2.75, 3.05) is 19.6 Å². The van der Waals surface area contributed by atoms with Gasteiger partial charge in [0.1, 0.15) is 5.75 Å². The first kappa shape index (κ1) is 15.2. The largest absolute Gasteiger partial charge is 0.422 e. The number of hydrogen-bond acceptors (Lipinski definition) is 3. The second-order valence-electron chi connectivity index (χ2n) is 6.85. The third-order valence-electron chi connectivity index (χ3n) is 4.75. The van der Waals surface area contributed by atoms with Crippen LogP contribution in [0.1, 0.15) is 31.1 Å². The van der Waals surface area contributed by atoms with Crippen LogP contribution in [-0.2, 0) is 4.57 Å². The first-order valence-electron chi connectivity index (χ1n) is 8.15. The lowest BCUT2D eigenvalue weighted by atomic mass is 10.2. The fraction of sp³-hybridized carbons (Fsp3) is 0.562. The first-order valence-corrected chi connectivity index (χ1v) is 9.68. The highest BCUT2D eigenvalue weighted by atomic mass is 31.2. The summed E-state index contributed by atoms with van der Waals surface area (Å²) in [5.74, 6) is 0.605. The van der Waals surface area contributed by atoms with Gasteiger partial charge in [0.15, 0.2) is 0 Å². The molecule has 1 amide bonds. The van der Waals surface area contributed by atoms with Crippen molar-refractivity contribution in [2.24, 2.45) is 0 Å². The summed E-state index contributed by atoms with van der Waals surface area (Å²) in [7, 11) is -2.96. The Labute approximate surface area is 136 Å². The van der Waals surface area contributed by atoms with Crippen LogP contribution in [0.3, 0.4) is 0 Å². The molecule has 1 aromatic rings. The summed E-state index contributed by atoms with van der Waals surface area (Å²) < 4.78 is 23.0. The van der Waals surface area contributed by atoms with Crippen molar-refractivity contribution < 1.29 is 13.9 Å². The summed E-state index contributed by atoms with van der Waals surface area (Å²) in [6.07, 6.45) is 0. The third kappa shape index (κ3) is 2.69. The van der Waals surface area contributed by atoms with E-state index >= 15 is 0 Å². The minimum absolute atomic E-state index is 0.0476. The number of carbonyl (C=O) groups excluding carboxylic acids is 1. The van der Waals surface area contributed by atoms with Gasteiger partial charge in [-0.1, -0.05) is 0 Å². The molecular weight excluding hydrogens is 313 g/mol. The summed E-state index contributed by atoms with van der Waals surface area (Å²) >= 11 is 0. The highest BCUT2D eigenvalue weighted by molar-refractivity contribution is 7.55. The van der Waals surface area contributed by atoms with Crippen LogP contribution in [0.2, 0.25) is 0 Å². The minimum atomic E-state index is -2.96. The van der Waals surface area contributed by atoms with E-state index in [0.717, 1.165) is 19.6 Å². The van der Waals surface area contributed by atoms with Crippen molar-refractivity contribution in [2.45, 2.75) is 38.9 Å². The lowest BCUT2D eigenvalue weighted by Gasteiger charge is -2.22. The van der Waals surface area contributed by atoms with Gasteiger partial charge in [0.25, 0.3) is 5.91 Å². The van der Waals surface area contributed by atoms with Gasteiger partial charge in [0, 0.05) is 43.3 Å². The number of rotatable bonds is 5. The molecule has 3 heterocycles. The van der Waals surface area contributed by atoms with E-state index < -0.39 is 7.67 Å². The van der Waals surface area contributed by atoms with Gasteiger partial charge in [-0.2, -0.15) is 0 Å². The van der Waals surface area contributed by atoms with Crippen molar-refractivity contribution in [3.8, 4) is 5.75 Å². The molecule has 3 fully saturated rings. The molecule has 7 heteroatoms. The predicted octanol–water partition coefficient (Wildman–Crippen LogP) is 2.43. The molecule has 0 aromatic heterocycles. The first-order chi connectivity index (χ1) is 10.9. The molecule has 6 nitrogen and oxygen atoms in total. The Kier molecular flexibility index (Phi) is 3.34. The average molecular weight is 335 g/mol. The summed E-state index contributed by atoms with van der Waals surface area (Å²) in [5, 5.41) is 0. The smallest absolute Gasteiger partial charge is 0.396 e. The highest BCUT2D eigenvalue weighted by Crippen LogP contribution is 2.64. The molecule has 5 unspecified atom stereocenters. The molecule has 1 aromatic carbocycles. The van der Waals surface area contributed by atoms with E-state index in [2.05, 4.69) is 13.8 Å². The molecule has 3 aliphatic rings. The predicted molar refractivity (Wildman–Crippen MR) is 87.5 cm³/mol. The summed E-state index contributed by atoms with van der Waals surface area (Å²) in [6, 6.07) is 7.95. The molecular formula is C16H22N3O3P. The topological polar surface area (TPSA) is 52.4 Å². The van der Waals surface area contributed by atoms with Crippen molar-refractivity contribution >= 4 is 13.6 Å². The lowest BCUT2D eigenvalue weighted by Crippen LogP contribution is -2.14. The summed E-state index contributed by atoms with van der Waals surface area (Å²) in [5.41, 5.74) is 0.650. The second-order valence-corrected chi connectivity index (χ2v) is 9.05. The molecule has 0 spiro atoms. The zero-order valence-electron chi connectivity index (χ0n) is 13.7. The Hall–Kier alpha value is -1.36. The lowest BCUT2D eigenvalue weighted by molar-refractivity contribution is 0.0876. The van der Waals surface area contributed by atoms with Gasteiger partial charge in [0.05, 0.1) is 0 Å². The Balaban J connectivity index is 1.49. The molecule has 0 bridgehead atoms. The Morgan fingerprint density at radius 3 is 1.87 bits per heavy atom. The second kappa shape index (κ2) is 5.07. The molecule has 23 heavy (non-hydrogen) atoms. The Bertz CT molecular complexity index is 672. The van der Waals surface area contributed by atoms with E-state index in [-0.39, 0.29) is 5.91 Å². The molecule has 0 radical (unpaired) electrons. The molecule has 3 saturated heterocycles. The fourth-order valence-electron chi connectivity index (χ4n) is 2.89. The van der Waals surface area contributed by atoms with Crippen molar-refractivity contribution in [1.82, 2.24) is 14.2 Å². The van der Waals surface area contributed by atoms with Crippen LogP contribution in [0, 0.1) is 0 Å². The van der Waals surface area contributed by atoms with E-state index in [1.165, 1.54) is 0 Å². The Morgan fingerprint density at radius 2 is 1.48 bits per heavy atom. The third-order valence-corrected chi connectivity index (χ3v) is 7.61. The van der Waals surface area contributed by atoms with Crippen molar-refractivity contribution in [3.63, 3.8) is 0 Å². The molecule has 3 aliphatic heterocycles. The number of hydrogen-bond donors (Lipinski definition) is 0. The van der Waals surface area contributed by atoms with Crippen LogP contribution < -0.4 is 4.52 Å². The van der Waals surface area contributed by atoms with E-state index in [0.29, 0.717) is 29.4 Å². The maximum absolute atomic E-state index is 13.3. The SMILES string of the molecule is CC1CN1C(=O)c1ccc(OP(=O)(N2CC2C)N2CC2C)cc1. The molecule has 124 valence electrons. The highest BCUT2D eigenvalue weighted by Gasteiger charge is 2.57. The number of nitrogens with zero attached hydrogens (tertiary/aromatic N) is 3. The van der Waals surface area contributed by atoms with Gasteiger partial charge in [-0.05, 0) is 45.0 Å². The van der Waals surface area contributed by atoms with Gasteiger partial charge in [0.2, 0.25) is 0 Å². The van der Waals surface area contributed by atoms with E-state index in [1.54, 1.807) is 24.3 Å². The van der Waals surface area contributed by atoms with Crippen LogP contribution in [0.5, 0.6) is 5.75 Å². The van der Waals surface area contributed by atoms with Gasteiger partial charge in [-0.3, -0.25) is 4.79 Å². The number of benzene rings is 1. The van der Waals surface area contributed by atoms with Crippen LogP contribution in [0.15, 0.2) is 24.3 Å². The number of carbonyl (C=O) groups is 1. The maximum atomic E-state index is 13.3. The fourth-order valence-corrected chi connectivity index (χ4v) is 5.67. The zero-order valence-corrected chi connectivity index (χ0v) is 14.6. The monoisotopic (exact) mass is 335 g/mol. The maximum Gasteiger partial charge on any atom is 0.396 e. The van der Waals surface area contributed by atoms with E-state index in [1.807, 2.05) is 21.2 Å². The van der Waals surface area contributed by atoms with Gasteiger partial charge < -0.3 is 9.42 Å². The van der Waals surface area contributed by atoms with Gasteiger partial charge in [-0.25, -0.2) is 13.9 Å². The van der Waals surface area contributed by atoms with Crippen molar-refractivity contribution in [3.05, 3.63) is 29.8 Å². The van der Waals surface area contributed by atoms with Crippen LogP contribution in [0.25, 0.3) is 0 Å². The molecule has 5 atom stereocenters. The van der Waals surface area contributed by atoms with Crippen LogP contribution >= 0.6 is 7.67 Å². The standard InChI is InChI=1S/C16H22N3O3P/c1-11-8-17(11)16(20)14-4-6-15(7-5-14)22-23(21,18-9-12(18)2)19-10-13(19)3/h4-7,11-13H,8-10H2,1-3H3. The molecule has 0 saturated carbocycles. The van der Waals surface area contributed by atoms with Gasteiger partial charge in [-0.15, -0.1) is 0 Å². The Morgan fingerprint density at radius 1 is 1.00 bits per heavy atom. The van der Waals surface area contributed by atoms with Gasteiger partial charge >= 0.3 is 7.67 Å². The average Bonchev–Trinajstić information content (AvgIpc) is 3.41. The zero-order chi connectivity index (χ0) is 16.4. The van der Waals surface area contributed by atoms with E-state index in [9.17, 15) is 9.36 Å². The summed E-state index contributed by atoms with van der Waals surface area (Å²) in [4.78, 5) is 14.0. The van der Waals surface area contributed by atoms with Crippen molar-refractivity contribution in [1.29, 1.82) is 0 Å². The quantitative estimate of drug-likeness (QED) is 0.611. The normalized spacial score (nSPS) is 37.0. The molecule has 0 aliphatic carbocycles. The molecule has 0 N–H and O–H groups in total. The summed E-state index contributed by atoms with van der Waals surface area (Å²) in [6.45, 7) is 8.58. The van der Waals surface area contributed by atoms with Crippen LogP contribution in [0.4, 0.5) is 0 Å². The molecule has 4 rings (SSSR count). The van der Waals surface area contributed by atoms with E-state index in [4.69, 9.17) is 4.52 Å². The van der Waals surface area contributed by atoms with Crippen LogP contribution in [-0.4, -0.2) is 57.9 Å². The number of amides is 1.